The number of allylic oxidation sites excluding steroid dienone is 2. The Labute approximate surface area is 121 Å². The van der Waals surface area contributed by atoms with E-state index in [2.05, 4.69) is 6.92 Å². The Morgan fingerprint density at radius 2 is 2.15 bits per heavy atom. The van der Waals surface area contributed by atoms with E-state index in [1.54, 1.807) is 13.2 Å². The molecule has 3 heteroatoms. The minimum atomic E-state index is 0.178. The quantitative estimate of drug-likeness (QED) is 0.422. The molecule has 0 bridgehead atoms. The van der Waals surface area contributed by atoms with E-state index in [0.717, 1.165) is 24.8 Å². The van der Waals surface area contributed by atoms with Gasteiger partial charge >= 0.3 is 0 Å². The fraction of sp³-hybridized carbons (Fsp3) is 0.471. The molecule has 0 atom stereocenters. The highest BCUT2D eigenvalue weighted by Gasteiger charge is 2.03. The summed E-state index contributed by atoms with van der Waals surface area (Å²) in [5, 5.41) is 0. The van der Waals surface area contributed by atoms with Gasteiger partial charge in [0.25, 0.3) is 0 Å². The van der Waals surface area contributed by atoms with Crippen LogP contribution < -0.4 is 10.5 Å². The maximum atomic E-state index is 11.7. The van der Waals surface area contributed by atoms with Gasteiger partial charge in [0.2, 0.25) is 0 Å². The summed E-state index contributed by atoms with van der Waals surface area (Å²) < 4.78 is 5.17. The molecule has 0 aliphatic carbocycles. The average Bonchev–Trinajstić information content (AvgIpc) is 2.46. The van der Waals surface area contributed by atoms with Crippen molar-refractivity contribution in [3.05, 3.63) is 35.9 Å². The van der Waals surface area contributed by atoms with Crippen molar-refractivity contribution in [2.75, 3.05) is 12.8 Å². The van der Waals surface area contributed by atoms with Gasteiger partial charge in [-0.2, -0.15) is 0 Å². The number of rotatable bonds is 9. The second-order valence-corrected chi connectivity index (χ2v) is 4.94. The summed E-state index contributed by atoms with van der Waals surface area (Å²) in [4.78, 5) is 11.7. The van der Waals surface area contributed by atoms with Crippen LogP contribution in [0.1, 0.15) is 44.6 Å². The summed E-state index contributed by atoms with van der Waals surface area (Å²) in [7, 11) is 1.60. The number of methoxy groups -OCH3 is 1. The summed E-state index contributed by atoms with van der Waals surface area (Å²) in [6.45, 7) is 2.18. The van der Waals surface area contributed by atoms with Crippen molar-refractivity contribution in [1.82, 2.24) is 0 Å². The van der Waals surface area contributed by atoms with Gasteiger partial charge < -0.3 is 10.5 Å². The molecule has 0 amide bonds. The molecule has 0 radical (unpaired) electrons. The van der Waals surface area contributed by atoms with Crippen molar-refractivity contribution < 1.29 is 9.53 Å². The first-order chi connectivity index (χ1) is 9.67. The number of unbranched alkanes of at least 4 members (excludes halogenated alkanes) is 3. The Balaban J connectivity index is 2.37. The van der Waals surface area contributed by atoms with Crippen LogP contribution in [0.3, 0.4) is 0 Å². The second kappa shape index (κ2) is 9.18. The van der Waals surface area contributed by atoms with Gasteiger partial charge in [-0.05, 0) is 43.0 Å². The Bertz CT molecular complexity index is 452. The van der Waals surface area contributed by atoms with Crippen molar-refractivity contribution in [2.45, 2.75) is 45.4 Å². The van der Waals surface area contributed by atoms with Crippen LogP contribution in [0.5, 0.6) is 5.75 Å². The second-order valence-electron chi connectivity index (χ2n) is 4.94. The van der Waals surface area contributed by atoms with Crippen molar-refractivity contribution in [3.63, 3.8) is 0 Å². The van der Waals surface area contributed by atoms with Crippen LogP contribution in [0.15, 0.2) is 30.4 Å². The smallest absolute Gasteiger partial charge is 0.155 e. The number of nitrogens with two attached hydrogens (primary N) is 1. The molecule has 1 rings (SSSR count). The van der Waals surface area contributed by atoms with E-state index < -0.39 is 0 Å². The molecular formula is C17H25NO2. The highest BCUT2D eigenvalue weighted by molar-refractivity contribution is 5.89. The van der Waals surface area contributed by atoms with Gasteiger partial charge in [0.1, 0.15) is 5.75 Å². The molecule has 0 heterocycles. The zero-order valence-electron chi connectivity index (χ0n) is 12.5. The zero-order chi connectivity index (χ0) is 14.8. The number of anilines is 1. The van der Waals surface area contributed by atoms with E-state index in [-0.39, 0.29) is 5.78 Å². The first-order valence-electron chi connectivity index (χ1n) is 7.29. The number of nitrogen functional groups attached to an aromatic ring is 1. The monoisotopic (exact) mass is 275 g/mol. The van der Waals surface area contributed by atoms with Crippen LogP contribution in [-0.4, -0.2) is 12.9 Å². The number of ketones is 1. The lowest BCUT2D eigenvalue weighted by Crippen LogP contribution is -1.98. The molecule has 0 unspecified atom stereocenters. The van der Waals surface area contributed by atoms with Crippen molar-refractivity contribution >= 4 is 11.5 Å². The van der Waals surface area contributed by atoms with Crippen LogP contribution in [0.2, 0.25) is 0 Å². The number of hydrogen-bond donors (Lipinski definition) is 1. The van der Waals surface area contributed by atoms with Crippen LogP contribution in [-0.2, 0) is 11.2 Å². The summed E-state index contributed by atoms with van der Waals surface area (Å²) in [5.41, 5.74) is 7.45. The van der Waals surface area contributed by atoms with E-state index in [4.69, 9.17) is 10.5 Å². The Kier molecular flexibility index (Phi) is 7.48. The molecule has 0 fully saturated rings. The third-order valence-corrected chi connectivity index (χ3v) is 3.24. The molecule has 3 nitrogen and oxygen atoms in total. The van der Waals surface area contributed by atoms with E-state index in [9.17, 15) is 4.79 Å². The fourth-order valence-electron chi connectivity index (χ4n) is 1.99. The average molecular weight is 275 g/mol. The van der Waals surface area contributed by atoms with Crippen LogP contribution in [0.4, 0.5) is 5.69 Å². The third kappa shape index (κ3) is 5.91. The molecule has 0 aliphatic rings. The molecule has 0 spiro atoms. The maximum Gasteiger partial charge on any atom is 0.155 e. The lowest BCUT2D eigenvalue weighted by atomic mass is 10.1. The fourth-order valence-corrected chi connectivity index (χ4v) is 1.99. The topological polar surface area (TPSA) is 52.3 Å². The van der Waals surface area contributed by atoms with Gasteiger partial charge in [0.05, 0.1) is 12.8 Å². The van der Waals surface area contributed by atoms with E-state index >= 15 is 0 Å². The van der Waals surface area contributed by atoms with Gasteiger partial charge in [-0.15, -0.1) is 0 Å². The Morgan fingerprint density at radius 1 is 1.35 bits per heavy atom. The summed E-state index contributed by atoms with van der Waals surface area (Å²) in [5.74, 6) is 0.849. The predicted octanol–water partition coefficient (Wildman–Crippen LogP) is 3.92. The molecule has 2 N–H and O–H groups in total. The number of carbonyl (C=O) groups excluding carboxylic acids is 1. The largest absolute Gasteiger partial charge is 0.495 e. The van der Waals surface area contributed by atoms with Gasteiger partial charge in [0, 0.05) is 6.42 Å². The number of benzene rings is 1. The van der Waals surface area contributed by atoms with Crippen molar-refractivity contribution in [3.8, 4) is 5.75 Å². The van der Waals surface area contributed by atoms with Crippen LogP contribution in [0.25, 0.3) is 0 Å². The molecule has 1 aromatic carbocycles. The van der Waals surface area contributed by atoms with Gasteiger partial charge in [-0.25, -0.2) is 0 Å². The molecule has 110 valence electrons. The summed E-state index contributed by atoms with van der Waals surface area (Å²) in [6.07, 6.45) is 9.53. The minimum Gasteiger partial charge on any atom is -0.495 e. The number of ether oxygens (including phenoxy) is 1. The van der Waals surface area contributed by atoms with Crippen LogP contribution in [0, 0.1) is 0 Å². The van der Waals surface area contributed by atoms with Gasteiger partial charge in [-0.1, -0.05) is 31.9 Å². The normalized spacial score (nSPS) is 10.9. The lowest BCUT2D eigenvalue weighted by molar-refractivity contribution is -0.114. The zero-order valence-corrected chi connectivity index (χ0v) is 12.5. The first-order valence-corrected chi connectivity index (χ1v) is 7.29. The molecular weight excluding hydrogens is 250 g/mol. The number of aryl methyl sites for hydroxylation is 1. The van der Waals surface area contributed by atoms with Gasteiger partial charge in [0.15, 0.2) is 5.78 Å². The standard InChI is InChI=1S/C17H25NO2/c1-3-4-5-6-7-8-15(19)11-9-14-10-12-16(18)17(13-14)20-2/h7-8,10,12-13H,3-6,9,11,18H2,1-2H3/b8-7+. The number of carbonyl (C=O) groups is 1. The maximum absolute atomic E-state index is 11.7. The first kappa shape index (κ1) is 16.3. The summed E-state index contributed by atoms with van der Waals surface area (Å²) >= 11 is 0. The van der Waals surface area contributed by atoms with Crippen molar-refractivity contribution in [1.29, 1.82) is 0 Å². The molecule has 0 saturated carbocycles. The molecule has 0 aliphatic heterocycles. The highest BCUT2D eigenvalue weighted by Crippen LogP contribution is 2.22. The van der Waals surface area contributed by atoms with Crippen molar-refractivity contribution in [2.24, 2.45) is 0 Å². The van der Waals surface area contributed by atoms with E-state index in [0.29, 0.717) is 17.9 Å². The molecule has 1 aromatic rings. The van der Waals surface area contributed by atoms with Crippen LogP contribution >= 0.6 is 0 Å². The SMILES string of the molecule is CCCCC/C=C/C(=O)CCc1ccc(N)c(OC)c1. The lowest BCUT2D eigenvalue weighted by Gasteiger charge is -2.06. The molecule has 0 saturated heterocycles. The van der Waals surface area contributed by atoms with Gasteiger partial charge in [-0.3, -0.25) is 4.79 Å². The predicted molar refractivity (Wildman–Crippen MR) is 84.0 cm³/mol. The molecule has 0 aromatic heterocycles. The molecule has 20 heavy (non-hydrogen) atoms. The minimum absolute atomic E-state index is 0.178. The van der Waals surface area contributed by atoms with E-state index in [1.807, 2.05) is 24.3 Å². The Hall–Kier alpha value is -1.77. The number of hydrogen-bond acceptors (Lipinski definition) is 3. The highest BCUT2D eigenvalue weighted by atomic mass is 16.5. The van der Waals surface area contributed by atoms with E-state index in [1.165, 1.54) is 12.8 Å². The summed E-state index contributed by atoms with van der Waals surface area (Å²) in [6, 6.07) is 5.66. The third-order valence-electron chi connectivity index (χ3n) is 3.24. The Morgan fingerprint density at radius 3 is 2.85 bits per heavy atom.